The smallest absolute Gasteiger partial charge is 0.206 e. The van der Waals surface area contributed by atoms with Gasteiger partial charge in [0, 0.05) is 55.2 Å². The summed E-state index contributed by atoms with van der Waals surface area (Å²) >= 11 is 1.85. The molecule has 4 heterocycles. The molecule has 0 saturated heterocycles. The zero-order valence-corrected chi connectivity index (χ0v) is 32.3. The van der Waals surface area contributed by atoms with Crippen molar-refractivity contribution in [1.29, 1.82) is 0 Å². The Bertz CT molecular complexity index is 3480. The number of hydrogen-bond donors (Lipinski definition) is 0. The Kier molecular flexibility index (Phi) is 7.31. The van der Waals surface area contributed by atoms with Gasteiger partial charge in [-0.15, -0.1) is 11.3 Å². The van der Waals surface area contributed by atoms with Crippen molar-refractivity contribution in [3.8, 4) is 22.3 Å². The van der Waals surface area contributed by atoms with Crippen LogP contribution in [0.15, 0.2) is 196 Å². The van der Waals surface area contributed by atoms with E-state index in [0.29, 0.717) is 5.84 Å². The molecule has 8 aromatic carbocycles. The fraction of sp³-hybridized carbons (Fsp3) is 0.0385. The van der Waals surface area contributed by atoms with Crippen molar-refractivity contribution in [2.45, 2.75) is 6.29 Å². The molecule has 0 spiro atoms. The van der Waals surface area contributed by atoms with Gasteiger partial charge in [0.2, 0.25) is 6.29 Å². The molecule has 12 rings (SSSR count). The van der Waals surface area contributed by atoms with E-state index in [1.54, 1.807) is 0 Å². The molecular formula is C52H34N4OS. The largest absolute Gasteiger partial charge is 0.456 e. The van der Waals surface area contributed by atoms with E-state index >= 15 is 0 Å². The number of rotatable bonds is 5. The number of furan rings is 1. The van der Waals surface area contributed by atoms with Gasteiger partial charge in [0.25, 0.3) is 0 Å². The third-order valence-electron chi connectivity index (χ3n) is 11.7. The van der Waals surface area contributed by atoms with Crippen molar-refractivity contribution >= 4 is 86.9 Å². The molecule has 0 fully saturated rings. The summed E-state index contributed by atoms with van der Waals surface area (Å²) in [6, 6.07) is 64.6. The summed E-state index contributed by atoms with van der Waals surface area (Å²) in [6.45, 7) is 0. The molecule has 58 heavy (non-hydrogen) atoms. The maximum absolute atomic E-state index is 6.26. The van der Waals surface area contributed by atoms with Gasteiger partial charge in [-0.05, 0) is 58.7 Å². The average molecular weight is 763 g/mol. The monoisotopic (exact) mass is 762 g/mol. The van der Waals surface area contributed by atoms with Gasteiger partial charge in [-0.25, -0.2) is 9.98 Å². The molecule has 11 aromatic rings. The average Bonchev–Trinajstić information content (AvgIpc) is 3.96. The molecule has 0 amide bonds. The summed E-state index contributed by atoms with van der Waals surface area (Å²) in [7, 11) is 2.14. The number of fused-ring (bicyclic) bond motifs is 10. The van der Waals surface area contributed by atoms with Gasteiger partial charge in [-0.2, -0.15) is 0 Å². The third-order valence-corrected chi connectivity index (χ3v) is 12.9. The zero-order valence-electron chi connectivity index (χ0n) is 31.5. The molecule has 1 aliphatic heterocycles. The first-order valence-corrected chi connectivity index (χ1v) is 20.4. The van der Waals surface area contributed by atoms with E-state index in [1.165, 1.54) is 47.6 Å². The standard InChI is InChI=1S/C52H34N4OS/c1-55-51(42-19-6-5-15-36(42)34-25-23-33(24-26-34)32-13-3-2-4-14-32)53-50(35-27-30-46-43(31-35)38-17-8-11-21-45(38)57-46)54-52(55)56-44-20-10-7-16-37(44)40-28-29-41-39-18-9-12-22-47(39)58-49(41)48(40)56/h2-31,52H,1H3. The lowest BCUT2D eigenvalue weighted by Crippen LogP contribution is -2.38. The van der Waals surface area contributed by atoms with Crippen molar-refractivity contribution in [1.82, 2.24) is 9.47 Å². The number of thiophene rings is 1. The van der Waals surface area contributed by atoms with Gasteiger partial charge in [0.15, 0.2) is 5.84 Å². The predicted octanol–water partition coefficient (Wildman–Crippen LogP) is 13.7. The van der Waals surface area contributed by atoms with Crippen molar-refractivity contribution in [3.63, 3.8) is 0 Å². The third kappa shape index (κ3) is 5.02. The van der Waals surface area contributed by atoms with Crippen LogP contribution in [-0.4, -0.2) is 28.2 Å². The normalized spacial score (nSPS) is 14.6. The van der Waals surface area contributed by atoms with Crippen LogP contribution in [0, 0.1) is 0 Å². The van der Waals surface area contributed by atoms with Crippen molar-refractivity contribution in [2.24, 2.45) is 9.98 Å². The van der Waals surface area contributed by atoms with Gasteiger partial charge in [0.1, 0.15) is 17.0 Å². The highest BCUT2D eigenvalue weighted by Crippen LogP contribution is 2.44. The fourth-order valence-corrected chi connectivity index (χ4v) is 10.2. The van der Waals surface area contributed by atoms with Gasteiger partial charge < -0.3 is 9.32 Å². The Labute approximate surface area is 338 Å². The lowest BCUT2D eigenvalue weighted by molar-refractivity contribution is 0.297. The molecule has 3 aromatic heterocycles. The van der Waals surface area contributed by atoms with Crippen LogP contribution < -0.4 is 0 Å². The number of benzene rings is 8. The van der Waals surface area contributed by atoms with Crippen LogP contribution >= 0.6 is 11.3 Å². The summed E-state index contributed by atoms with van der Waals surface area (Å²) in [5.74, 6) is 1.53. The van der Waals surface area contributed by atoms with E-state index in [2.05, 4.69) is 186 Å². The molecule has 5 nitrogen and oxygen atoms in total. The molecule has 0 saturated carbocycles. The number of aromatic nitrogens is 1. The molecule has 1 atom stereocenters. The Hall–Kier alpha value is -7.28. The molecule has 0 radical (unpaired) electrons. The number of aliphatic imine (C=N–C) groups is 2. The van der Waals surface area contributed by atoms with E-state index in [4.69, 9.17) is 14.4 Å². The van der Waals surface area contributed by atoms with Gasteiger partial charge in [-0.3, -0.25) is 4.57 Å². The minimum absolute atomic E-state index is 0.453. The maximum atomic E-state index is 6.26. The van der Waals surface area contributed by atoms with Crippen LogP contribution in [0.1, 0.15) is 17.4 Å². The quantitative estimate of drug-likeness (QED) is 0.175. The van der Waals surface area contributed by atoms with Crippen molar-refractivity contribution in [3.05, 3.63) is 193 Å². The molecule has 274 valence electrons. The van der Waals surface area contributed by atoms with Crippen LogP contribution in [-0.2, 0) is 0 Å². The lowest BCUT2D eigenvalue weighted by Gasteiger charge is -2.34. The van der Waals surface area contributed by atoms with Gasteiger partial charge >= 0.3 is 0 Å². The SMILES string of the molecule is CN1C(c2ccccc2-c2ccc(-c3ccccc3)cc2)=NC(c2ccc3oc4ccccc4c3c2)=NC1n1c2ccccc2c2ccc3c4ccccc4sc3c21. The van der Waals surface area contributed by atoms with Crippen molar-refractivity contribution in [2.75, 3.05) is 7.05 Å². The minimum Gasteiger partial charge on any atom is -0.456 e. The second kappa shape index (κ2) is 12.9. The maximum Gasteiger partial charge on any atom is 0.206 e. The summed E-state index contributed by atoms with van der Waals surface area (Å²) in [5.41, 5.74) is 10.6. The summed E-state index contributed by atoms with van der Waals surface area (Å²) in [4.78, 5) is 13.4. The molecule has 0 bridgehead atoms. The Balaban J connectivity index is 1.10. The Morgan fingerprint density at radius 2 is 1.14 bits per heavy atom. The number of para-hydroxylation sites is 2. The Morgan fingerprint density at radius 1 is 0.500 bits per heavy atom. The minimum atomic E-state index is -0.453. The molecular weight excluding hydrogens is 729 g/mol. The first-order valence-electron chi connectivity index (χ1n) is 19.6. The van der Waals surface area contributed by atoms with Crippen LogP contribution in [0.2, 0.25) is 0 Å². The predicted molar refractivity (Wildman–Crippen MR) is 243 cm³/mol. The zero-order chi connectivity index (χ0) is 38.3. The van der Waals surface area contributed by atoms with Gasteiger partial charge in [-0.1, -0.05) is 146 Å². The van der Waals surface area contributed by atoms with E-state index in [-0.39, 0.29) is 0 Å². The topological polar surface area (TPSA) is 46.0 Å². The fourth-order valence-electron chi connectivity index (χ4n) is 8.90. The second-order valence-corrected chi connectivity index (χ2v) is 16.0. The van der Waals surface area contributed by atoms with Crippen LogP contribution in [0.3, 0.4) is 0 Å². The van der Waals surface area contributed by atoms with E-state index < -0.39 is 6.29 Å². The van der Waals surface area contributed by atoms with E-state index in [9.17, 15) is 0 Å². The highest BCUT2D eigenvalue weighted by molar-refractivity contribution is 7.26. The highest BCUT2D eigenvalue weighted by Gasteiger charge is 2.31. The molecule has 1 aliphatic rings. The van der Waals surface area contributed by atoms with Crippen LogP contribution in [0.4, 0.5) is 0 Å². The van der Waals surface area contributed by atoms with Crippen LogP contribution in [0.5, 0.6) is 0 Å². The van der Waals surface area contributed by atoms with Crippen molar-refractivity contribution < 1.29 is 4.42 Å². The molecule has 0 aliphatic carbocycles. The summed E-state index contributed by atoms with van der Waals surface area (Å²) < 4.78 is 11.2. The van der Waals surface area contributed by atoms with E-state index in [1.807, 2.05) is 23.5 Å². The Morgan fingerprint density at radius 3 is 2.00 bits per heavy atom. The van der Waals surface area contributed by atoms with Crippen LogP contribution in [0.25, 0.3) is 86.2 Å². The van der Waals surface area contributed by atoms with Gasteiger partial charge in [0.05, 0.1) is 15.7 Å². The second-order valence-electron chi connectivity index (χ2n) is 15.0. The summed E-state index contributed by atoms with van der Waals surface area (Å²) in [5, 5.41) is 7.08. The first-order chi connectivity index (χ1) is 28.7. The summed E-state index contributed by atoms with van der Waals surface area (Å²) in [6.07, 6.45) is -0.453. The molecule has 0 N–H and O–H groups in total. The first kappa shape index (κ1) is 32.9. The number of amidine groups is 2. The van der Waals surface area contributed by atoms with E-state index in [0.717, 1.165) is 55.5 Å². The lowest BCUT2D eigenvalue weighted by atomic mass is 9.96. The number of nitrogens with zero attached hydrogens (tertiary/aromatic N) is 4. The molecule has 1 unspecified atom stereocenters. The molecule has 6 heteroatoms. The number of hydrogen-bond acceptors (Lipinski definition) is 5. The highest BCUT2D eigenvalue weighted by atomic mass is 32.1.